The first-order valence-corrected chi connectivity index (χ1v) is 9.36. The topological polar surface area (TPSA) is 40.1 Å². The molecule has 1 aromatic rings. The number of likely N-dealkylation sites (tertiary alicyclic amines) is 1. The lowest BCUT2D eigenvalue weighted by molar-refractivity contribution is 0.368. The lowest BCUT2D eigenvalue weighted by Crippen LogP contribution is -2.42. The Kier molecular flexibility index (Phi) is 7.43. The van der Waals surface area contributed by atoms with Crippen molar-refractivity contribution in [3.63, 3.8) is 0 Å². The molecule has 1 atom stereocenters. The summed E-state index contributed by atoms with van der Waals surface area (Å²) in [5, 5.41) is 3.61. The standard InChI is InChI=1S/C20H32N4O.HI/c1-20(2)10-12-24(15-20)19(21-3)22-13-16-9-11-23(14-16)17-7-5-6-8-18(17)25-4;/h5-8,16H,9-15H2,1-4H3,(H,21,22);1H. The van der Waals surface area contributed by atoms with Crippen LogP contribution in [0.4, 0.5) is 5.69 Å². The zero-order chi connectivity index (χ0) is 17.9. The summed E-state index contributed by atoms with van der Waals surface area (Å²) < 4.78 is 5.51. The summed E-state index contributed by atoms with van der Waals surface area (Å²) >= 11 is 0. The second-order valence-electron chi connectivity index (χ2n) is 8.04. The lowest BCUT2D eigenvalue weighted by atomic mass is 9.93. The third kappa shape index (κ3) is 4.96. The molecule has 0 radical (unpaired) electrons. The molecule has 0 aromatic heterocycles. The van der Waals surface area contributed by atoms with Gasteiger partial charge < -0.3 is 19.9 Å². The Balaban J connectivity index is 0.00000243. The van der Waals surface area contributed by atoms with Crippen LogP contribution in [0, 0.1) is 11.3 Å². The average molecular weight is 472 g/mol. The van der Waals surface area contributed by atoms with Crippen LogP contribution in [0.25, 0.3) is 0 Å². The van der Waals surface area contributed by atoms with Crippen molar-refractivity contribution in [3.8, 4) is 5.75 Å². The first-order chi connectivity index (χ1) is 12.0. The van der Waals surface area contributed by atoms with Crippen molar-refractivity contribution in [2.75, 3.05) is 51.8 Å². The number of hydrogen-bond acceptors (Lipinski definition) is 3. The van der Waals surface area contributed by atoms with Crippen molar-refractivity contribution in [1.82, 2.24) is 10.2 Å². The molecule has 0 spiro atoms. The number of para-hydroxylation sites is 2. The Labute approximate surface area is 175 Å². The third-order valence-electron chi connectivity index (χ3n) is 5.45. The fourth-order valence-corrected chi connectivity index (χ4v) is 3.97. The SMILES string of the molecule is CN=C(NCC1CCN(c2ccccc2OC)C1)N1CCC(C)(C)C1.I. The number of nitrogens with one attached hydrogen (secondary N) is 1. The fraction of sp³-hybridized carbons (Fsp3) is 0.650. The molecule has 0 amide bonds. The van der Waals surface area contributed by atoms with Gasteiger partial charge in [0.05, 0.1) is 12.8 Å². The number of guanidine groups is 1. The molecular formula is C20H33IN4O. The van der Waals surface area contributed by atoms with Gasteiger partial charge in [-0.1, -0.05) is 26.0 Å². The van der Waals surface area contributed by atoms with Crippen molar-refractivity contribution < 1.29 is 4.74 Å². The van der Waals surface area contributed by atoms with Crippen LogP contribution < -0.4 is 15.0 Å². The minimum Gasteiger partial charge on any atom is -0.495 e. The van der Waals surface area contributed by atoms with E-state index in [0.29, 0.717) is 11.3 Å². The van der Waals surface area contributed by atoms with E-state index >= 15 is 0 Å². The molecule has 2 aliphatic rings. The van der Waals surface area contributed by atoms with Gasteiger partial charge in [0.15, 0.2) is 5.96 Å². The number of nitrogens with zero attached hydrogens (tertiary/aromatic N) is 3. The summed E-state index contributed by atoms with van der Waals surface area (Å²) in [5.74, 6) is 2.66. The highest BCUT2D eigenvalue weighted by molar-refractivity contribution is 14.0. The summed E-state index contributed by atoms with van der Waals surface area (Å²) in [5.41, 5.74) is 1.60. The van der Waals surface area contributed by atoms with Crippen molar-refractivity contribution in [1.29, 1.82) is 0 Å². The summed E-state index contributed by atoms with van der Waals surface area (Å²) in [6, 6.07) is 8.30. The summed E-state index contributed by atoms with van der Waals surface area (Å²) in [6.07, 6.45) is 2.44. The minimum atomic E-state index is 0. The van der Waals surface area contributed by atoms with E-state index in [4.69, 9.17) is 4.74 Å². The van der Waals surface area contributed by atoms with Gasteiger partial charge in [0.1, 0.15) is 5.75 Å². The van der Waals surface area contributed by atoms with Crippen LogP contribution >= 0.6 is 24.0 Å². The Morgan fingerprint density at radius 2 is 2.08 bits per heavy atom. The number of hydrogen-bond donors (Lipinski definition) is 1. The smallest absolute Gasteiger partial charge is 0.193 e. The van der Waals surface area contributed by atoms with E-state index < -0.39 is 0 Å². The molecule has 2 aliphatic heterocycles. The first kappa shape index (κ1) is 21.1. The van der Waals surface area contributed by atoms with Gasteiger partial charge in [-0.3, -0.25) is 4.99 Å². The predicted octanol–water partition coefficient (Wildman–Crippen LogP) is 3.45. The fourth-order valence-electron chi connectivity index (χ4n) is 3.97. The van der Waals surface area contributed by atoms with Crippen LogP contribution in [0.15, 0.2) is 29.3 Å². The number of rotatable bonds is 4. The molecule has 2 saturated heterocycles. The van der Waals surface area contributed by atoms with Gasteiger partial charge in [0, 0.05) is 39.8 Å². The predicted molar refractivity (Wildman–Crippen MR) is 120 cm³/mol. The molecular weight excluding hydrogens is 439 g/mol. The van der Waals surface area contributed by atoms with Crippen LogP contribution in [-0.4, -0.2) is 57.7 Å². The maximum Gasteiger partial charge on any atom is 0.193 e. The van der Waals surface area contributed by atoms with Gasteiger partial charge >= 0.3 is 0 Å². The minimum absolute atomic E-state index is 0. The van der Waals surface area contributed by atoms with E-state index in [0.717, 1.165) is 44.4 Å². The van der Waals surface area contributed by atoms with Gasteiger partial charge in [-0.15, -0.1) is 24.0 Å². The number of methoxy groups -OCH3 is 1. The van der Waals surface area contributed by atoms with Crippen molar-refractivity contribution >= 4 is 35.6 Å². The third-order valence-corrected chi connectivity index (χ3v) is 5.45. The lowest BCUT2D eigenvalue weighted by Gasteiger charge is -2.25. The molecule has 0 saturated carbocycles. The zero-order valence-electron chi connectivity index (χ0n) is 16.5. The average Bonchev–Trinajstić information content (AvgIpc) is 3.22. The molecule has 1 N–H and O–H groups in total. The number of aliphatic imine (C=N–C) groups is 1. The van der Waals surface area contributed by atoms with Crippen molar-refractivity contribution in [2.45, 2.75) is 26.7 Å². The number of benzene rings is 1. The molecule has 146 valence electrons. The van der Waals surface area contributed by atoms with E-state index in [1.807, 2.05) is 19.2 Å². The maximum atomic E-state index is 5.51. The molecule has 6 heteroatoms. The van der Waals surface area contributed by atoms with E-state index in [2.05, 4.69) is 46.1 Å². The highest BCUT2D eigenvalue weighted by Gasteiger charge is 2.31. The Hall–Kier alpha value is -1.18. The first-order valence-electron chi connectivity index (χ1n) is 9.36. The van der Waals surface area contributed by atoms with E-state index in [1.165, 1.54) is 18.5 Å². The van der Waals surface area contributed by atoms with Gasteiger partial charge in [-0.2, -0.15) is 0 Å². The molecule has 2 fully saturated rings. The summed E-state index contributed by atoms with van der Waals surface area (Å²) in [7, 11) is 3.64. The van der Waals surface area contributed by atoms with Crippen LogP contribution in [-0.2, 0) is 0 Å². The molecule has 3 rings (SSSR count). The summed E-state index contributed by atoms with van der Waals surface area (Å²) in [6.45, 7) is 9.99. The van der Waals surface area contributed by atoms with Gasteiger partial charge in [0.2, 0.25) is 0 Å². The van der Waals surface area contributed by atoms with Crippen LogP contribution in [0.1, 0.15) is 26.7 Å². The zero-order valence-corrected chi connectivity index (χ0v) is 18.8. The van der Waals surface area contributed by atoms with Crippen LogP contribution in [0.2, 0.25) is 0 Å². The quantitative estimate of drug-likeness (QED) is 0.414. The van der Waals surface area contributed by atoms with Crippen molar-refractivity contribution in [2.24, 2.45) is 16.3 Å². The second-order valence-corrected chi connectivity index (χ2v) is 8.04. The van der Waals surface area contributed by atoms with Gasteiger partial charge in [0.25, 0.3) is 0 Å². The normalized spacial score (nSPS) is 22.3. The van der Waals surface area contributed by atoms with Crippen LogP contribution in [0.5, 0.6) is 5.75 Å². The van der Waals surface area contributed by atoms with E-state index in [1.54, 1.807) is 7.11 Å². The molecule has 1 unspecified atom stereocenters. The Morgan fingerprint density at radius 3 is 2.73 bits per heavy atom. The highest BCUT2D eigenvalue weighted by atomic mass is 127. The molecule has 2 heterocycles. The Morgan fingerprint density at radius 1 is 1.31 bits per heavy atom. The monoisotopic (exact) mass is 472 g/mol. The number of halogens is 1. The van der Waals surface area contributed by atoms with E-state index in [9.17, 15) is 0 Å². The Bertz CT molecular complexity index is 620. The molecule has 26 heavy (non-hydrogen) atoms. The molecule has 1 aromatic carbocycles. The largest absolute Gasteiger partial charge is 0.495 e. The number of anilines is 1. The molecule has 5 nitrogen and oxygen atoms in total. The second kappa shape index (κ2) is 9.15. The number of ether oxygens (including phenoxy) is 1. The highest BCUT2D eigenvalue weighted by Crippen LogP contribution is 2.32. The maximum absolute atomic E-state index is 5.51. The molecule has 0 bridgehead atoms. The van der Waals surface area contributed by atoms with E-state index in [-0.39, 0.29) is 24.0 Å². The van der Waals surface area contributed by atoms with Crippen molar-refractivity contribution in [3.05, 3.63) is 24.3 Å². The van der Waals surface area contributed by atoms with Gasteiger partial charge in [-0.25, -0.2) is 0 Å². The van der Waals surface area contributed by atoms with Crippen LogP contribution in [0.3, 0.4) is 0 Å². The van der Waals surface area contributed by atoms with Gasteiger partial charge in [-0.05, 0) is 36.3 Å². The summed E-state index contributed by atoms with van der Waals surface area (Å²) in [4.78, 5) is 9.33. The molecule has 0 aliphatic carbocycles.